The fraction of sp³-hybridized carbons (Fsp3) is 0.444. The lowest BCUT2D eigenvalue weighted by Crippen LogP contribution is -2.45. The number of piperazine rings is 1. The lowest BCUT2D eigenvalue weighted by atomic mass is 10.3. The van der Waals surface area contributed by atoms with Crippen molar-refractivity contribution in [1.82, 2.24) is 10.2 Å². The first-order valence-corrected chi connectivity index (χ1v) is 4.18. The van der Waals surface area contributed by atoms with E-state index in [1.807, 2.05) is 0 Å². The number of allylic oxidation sites excluding steroid dienone is 2. The Kier molecular flexibility index (Phi) is 3.54. The Morgan fingerprint density at radius 2 is 2.08 bits per heavy atom. The van der Waals surface area contributed by atoms with Crippen molar-refractivity contribution in [2.75, 3.05) is 26.2 Å². The quantitative estimate of drug-likeness (QED) is 0.357. The zero-order valence-corrected chi connectivity index (χ0v) is 7.21. The minimum Gasteiger partial charge on any atom is -0.355 e. The number of nitrogens with one attached hydrogen (secondary N) is 2. The maximum Gasteiger partial charge on any atom is 0.120 e. The predicted molar refractivity (Wildman–Crippen MR) is 51.5 cm³/mol. The Morgan fingerprint density at radius 3 is 2.67 bits per heavy atom. The van der Waals surface area contributed by atoms with Crippen LogP contribution in [0, 0.1) is 5.41 Å². The summed E-state index contributed by atoms with van der Waals surface area (Å²) in [7, 11) is 0. The third kappa shape index (κ3) is 2.51. The Balaban J connectivity index is 2.39. The fourth-order valence-corrected chi connectivity index (χ4v) is 1.17. The molecule has 0 atom stereocenters. The lowest BCUT2D eigenvalue weighted by molar-refractivity contribution is 0.357. The highest BCUT2D eigenvalue weighted by molar-refractivity contribution is 5.90. The molecular formula is C9H15N3. The van der Waals surface area contributed by atoms with Crippen LogP contribution < -0.4 is 5.32 Å². The van der Waals surface area contributed by atoms with Crippen molar-refractivity contribution in [3.63, 3.8) is 0 Å². The summed E-state index contributed by atoms with van der Waals surface area (Å²) < 4.78 is 0. The molecule has 1 fully saturated rings. The van der Waals surface area contributed by atoms with E-state index in [4.69, 9.17) is 5.41 Å². The van der Waals surface area contributed by atoms with Crippen LogP contribution in [0.5, 0.6) is 0 Å². The van der Waals surface area contributed by atoms with Crippen molar-refractivity contribution >= 4 is 5.84 Å². The number of hydrogen-bond acceptors (Lipinski definition) is 2. The van der Waals surface area contributed by atoms with Gasteiger partial charge in [-0.1, -0.05) is 18.7 Å². The third-order valence-electron chi connectivity index (χ3n) is 1.85. The smallest absolute Gasteiger partial charge is 0.120 e. The third-order valence-corrected chi connectivity index (χ3v) is 1.85. The van der Waals surface area contributed by atoms with Crippen LogP contribution in [-0.4, -0.2) is 36.9 Å². The van der Waals surface area contributed by atoms with Crippen LogP contribution in [0.3, 0.4) is 0 Å². The van der Waals surface area contributed by atoms with Gasteiger partial charge < -0.3 is 10.2 Å². The number of amidine groups is 1. The Bertz CT molecular complexity index is 190. The molecule has 0 aromatic heterocycles. The molecule has 0 bridgehead atoms. The molecule has 0 aromatic carbocycles. The molecule has 0 saturated carbocycles. The molecule has 3 heteroatoms. The summed E-state index contributed by atoms with van der Waals surface area (Å²) in [5.41, 5.74) is 0. The van der Waals surface area contributed by atoms with Gasteiger partial charge in [-0.2, -0.15) is 0 Å². The zero-order valence-electron chi connectivity index (χ0n) is 7.21. The summed E-state index contributed by atoms with van der Waals surface area (Å²) in [5.74, 6) is 0.580. The monoisotopic (exact) mass is 165 g/mol. The molecule has 12 heavy (non-hydrogen) atoms. The van der Waals surface area contributed by atoms with Gasteiger partial charge in [0.15, 0.2) is 0 Å². The van der Waals surface area contributed by atoms with Crippen molar-refractivity contribution in [1.29, 1.82) is 5.41 Å². The first-order valence-electron chi connectivity index (χ1n) is 4.18. The van der Waals surface area contributed by atoms with Crippen LogP contribution in [0.4, 0.5) is 0 Å². The summed E-state index contributed by atoms with van der Waals surface area (Å²) in [4.78, 5) is 2.05. The maximum absolute atomic E-state index is 7.65. The maximum atomic E-state index is 7.65. The van der Waals surface area contributed by atoms with E-state index in [9.17, 15) is 0 Å². The van der Waals surface area contributed by atoms with E-state index < -0.39 is 0 Å². The van der Waals surface area contributed by atoms with E-state index in [1.165, 1.54) is 0 Å². The number of nitrogens with zero attached hydrogens (tertiary/aromatic N) is 1. The van der Waals surface area contributed by atoms with Crippen LogP contribution in [-0.2, 0) is 0 Å². The van der Waals surface area contributed by atoms with Crippen molar-refractivity contribution in [2.45, 2.75) is 0 Å². The van der Waals surface area contributed by atoms with E-state index in [1.54, 1.807) is 18.2 Å². The van der Waals surface area contributed by atoms with Gasteiger partial charge in [-0.15, -0.1) is 0 Å². The molecular weight excluding hydrogens is 150 g/mol. The van der Waals surface area contributed by atoms with E-state index in [2.05, 4.69) is 16.8 Å². The Labute approximate surface area is 73.3 Å². The number of rotatable bonds is 2. The van der Waals surface area contributed by atoms with Crippen LogP contribution in [0.1, 0.15) is 0 Å². The van der Waals surface area contributed by atoms with E-state index in [0.717, 1.165) is 26.2 Å². The lowest BCUT2D eigenvalue weighted by Gasteiger charge is -2.28. The van der Waals surface area contributed by atoms with Crippen molar-refractivity contribution in [3.8, 4) is 0 Å². The molecule has 0 spiro atoms. The normalized spacial score (nSPS) is 18.2. The Morgan fingerprint density at radius 1 is 1.42 bits per heavy atom. The zero-order chi connectivity index (χ0) is 8.81. The predicted octanol–water partition coefficient (Wildman–Crippen LogP) is 0.611. The second-order valence-electron chi connectivity index (χ2n) is 2.72. The molecule has 1 heterocycles. The molecule has 1 aliphatic heterocycles. The van der Waals surface area contributed by atoms with Gasteiger partial charge in [-0.25, -0.2) is 0 Å². The fourth-order valence-electron chi connectivity index (χ4n) is 1.17. The summed E-state index contributed by atoms with van der Waals surface area (Å²) >= 11 is 0. The first-order chi connectivity index (χ1) is 5.84. The molecule has 0 aliphatic carbocycles. The highest BCUT2D eigenvalue weighted by Gasteiger charge is 2.09. The Hall–Kier alpha value is -1.09. The van der Waals surface area contributed by atoms with Crippen molar-refractivity contribution in [2.24, 2.45) is 0 Å². The van der Waals surface area contributed by atoms with Gasteiger partial charge in [-0.3, -0.25) is 5.41 Å². The SMILES string of the molecule is C=C/C=C\C(=N)N1CCNCC1. The first kappa shape index (κ1) is 9.00. The largest absolute Gasteiger partial charge is 0.355 e. The molecule has 0 radical (unpaired) electrons. The van der Waals surface area contributed by atoms with Gasteiger partial charge in [0, 0.05) is 26.2 Å². The van der Waals surface area contributed by atoms with Crippen LogP contribution in [0.2, 0.25) is 0 Å². The van der Waals surface area contributed by atoms with Gasteiger partial charge >= 0.3 is 0 Å². The van der Waals surface area contributed by atoms with Crippen LogP contribution >= 0.6 is 0 Å². The van der Waals surface area contributed by atoms with Gasteiger partial charge in [0.1, 0.15) is 5.84 Å². The van der Waals surface area contributed by atoms with E-state index in [-0.39, 0.29) is 0 Å². The topological polar surface area (TPSA) is 39.1 Å². The van der Waals surface area contributed by atoms with Crippen LogP contribution in [0.25, 0.3) is 0 Å². The van der Waals surface area contributed by atoms with Gasteiger partial charge in [0.05, 0.1) is 0 Å². The second kappa shape index (κ2) is 4.72. The summed E-state index contributed by atoms with van der Waals surface area (Å²) in [6.45, 7) is 7.38. The van der Waals surface area contributed by atoms with E-state index in [0.29, 0.717) is 5.84 Å². The highest BCUT2D eigenvalue weighted by atomic mass is 15.2. The minimum absolute atomic E-state index is 0.580. The minimum atomic E-state index is 0.580. The standard InChI is InChI=1S/C9H15N3/c1-2-3-4-9(10)12-7-5-11-6-8-12/h2-4,10-11H,1,5-8H2/b4-3-,10-9?. The summed E-state index contributed by atoms with van der Waals surface area (Å²) in [6.07, 6.45) is 5.26. The van der Waals surface area contributed by atoms with Crippen molar-refractivity contribution in [3.05, 3.63) is 24.8 Å². The van der Waals surface area contributed by atoms with E-state index >= 15 is 0 Å². The molecule has 1 rings (SSSR count). The second-order valence-corrected chi connectivity index (χ2v) is 2.72. The molecule has 0 unspecified atom stereocenters. The average molecular weight is 165 g/mol. The summed E-state index contributed by atoms with van der Waals surface area (Å²) in [6, 6.07) is 0. The van der Waals surface area contributed by atoms with Crippen molar-refractivity contribution < 1.29 is 0 Å². The molecule has 1 saturated heterocycles. The van der Waals surface area contributed by atoms with Gasteiger partial charge in [-0.05, 0) is 6.08 Å². The highest BCUT2D eigenvalue weighted by Crippen LogP contribution is 1.94. The molecule has 0 amide bonds. The van der Waals surface area contributed by atoms with Gasteiger partial charge in [0.25, 0.3) is 0 Å². The summed E-state index contributed by atoms with van der Waals surface area (Å²) in [5, 5.41) is 10.9. The molecule has 0 aromatic rings. The molecule has 1 aliphatic rings. The molecule has 3 nitrogen and oxygen atoms in total. The average Bonchev–Trinajstić information content (AvgIpc) is 2.15. The number of hydrogen-bond donors (Lipinski definition) is 2. The molecule has 66 valence electrons. The molecule has 2 N–H and O–H groups in total. The van der Waals surface area contributed by atoms with Gasteiger partial charge in [0.2, 0.25) is 0 Å². The van der Waals surface area contributed by atoms with Crippen LogP contribution in [0.15, 0.2) is 24.8 Å².